The number of nitrogens with zero attached hydrogens (tertiary/aromatic N) is 2. The summed E-state index contributed by atoms with van der Waals surface area (Å²) in [5.41, 5.74) is 0.978. The molecule has 1 aromatic heterocycles. The lowest BCUT2D eigenvalue weighted by atomic mass is 10.1. The van der Waals surface area contributed by atoms with Crippen LogP contribution in [0.1, 0.15) is 31.5 Å². The van der Waals surface area contributed by atoms with Crippen LogP contribution in [0.4, 0.5) is 0 Å². The van der Waals surface area contributed by atoms with Crippen LogP contribution in [0.25, 0.3) is 0 Å². The fraction of sp³-hybridized carbons (Fsp3) is 0.636. The molecule has 0 amide bonds. The maximum absolute atomic E-state index is 5.69. The molecule has 0 radical (unpaired) electrons. The maximum atomic E-state index is 5.69. The van der Waals surface area contributed by atoms with Crippen LogP contribution in [0, 0.1) is 0 Å². The Balaban J connectivity index is 2.11. The summed E-state index contributed by atoms with van der Waals surface area (Å²) in [6.07, 6.45) is 7.74. The van der Waals surface area contributed by atoms with Crippen molar-refractivity contribution in [2.45, 2.75) is 31.9 Å². The molecule has 1 N–H and O–H groups in total. The predicted molar refractivity (Wildman–Crippen MR) is 57.4 cm³/mol. The smallest absolute Gasteiger partial charge is 0.0786 e. The summed E-state index contributed by atoms with van der Waals surface area (Å²) in [6.45, 7) is 3.88. The van der Waals surface area contributed by atoms with Gasteiger partial charge in [-0.2, -0.15) is 0 Å². The summed E-state index contributed by atoms with van der Waals surface area (Å²) in [5, 5.41) is 3.41. The molecule has 2 heterocycles. The van der Waals surface area contributed by atoms with Gasteiger partial charge in [-0.15, -0.1) is 0 Å². The van der Waals surface area contributed by atoms with Gasteiger partial charge in [0.05, 0.1) is 24.0 Å². The number of ether oxygens (including phenoxy) is 1. The molecule has 0 spiro atoms. The first-order valence-electron chi connectivity index (χ1n) is 5.52. The molecule has 1 aromatic rings. The minimum atomic E-state index is 0.186. The average molecular weight is 207 g/mol. The van der Waals surface area contributed by atoms with E-state index in [1.165, 1.54) is 0 Å². The molecule has 4 heteroatoms. The fourth-order valence-electron chi connectivity index (χ4n) is 1.98. The molecule has 0 saturated carbocycles. The SMILES string of the molecule is CCNC(c1cnccn1)C1CCCO1. The van der Waals surface area contributed by atoms with Crippen molar-refractivity contribution in [2.75, 3.05) is 13.2 Å². The lowest BCUT2D eigenvalue weighted by Crippen LogP contribution is -2.32. The van der Waals surface area contributed by atoms with Gasteiger partial charge in [0.1, 0.15) is 0 Å². The lowest BCUT2D eigenvalue weighted by Gasteiger charge is -2.22. The van der Waals surface area contributed by atoms with Gasteiger partial charge in [0.2, 0.25) is 0 Å². The molecule has 0 aromatic carbocycles. The summed E-state index contributed by atoms with van der Waals surface area (Å²) >= 11 is 0. The molecule has 1 aliphatic rings. The van der Waals surface area contributed by atoms with Gasteiger partial charge in [0.15, 0.2) is 0 Å². The molecule has 1 aliphatic heterocycles. The highest BCUT2D eigenvalue weighted by Crippen LogP contribution is 2.24. The van der Waals surface area contributed by atoms with Crippen LogP contribution in [-0.2, 0) is 4.74 Å². The third-order valence-electron chi connectivity index (χ3n) is 2.66. The van der Waals surface area contributed by atoms with Crippen molar-refractivity contribution in [3.8, 4) is 0 Å². The highest BCUT2D eigenvalue weighted by molar-refractivity contribution is 5.05. The number of aromatic nitrogens is 2. The van der Waals surface area contributed by atoms with E-state index in [0.717, 1.165) is 31.7 Å². The first-order chi connectivity index (χ1) is 7.42. The summed E-state index contributed by atoms with van der Waals surface area (Å²) in [5.74, 6) is 0. The summed E-state index contributed by atoms with van der Waals surface area (Å²) in [7, 11) is 0. The van der Waals surface area contributed by atoms with Crippen molar-refractivity contribution < 1.29 is 4.74 Å². The summed E-state index contributed by atoms with van der Waals surface area (Å²) in [6, 6.07) is 0.186. The van der Waals surface area contributed by atoms with Crippen LogP contribution in [-0.4, -0.2) is 29.2 Å². The monoisotopic (exact) mass is 207 g/mol. The number of hydrogen-bond acceptors (Lipinski definition) is 4. The molecule has 2 unspecified atom stereocenters. The van der Waals surface area contributed by atoms with Gasteiger partial charge >= 0.3 is 0 Å². The van der Waals surface area contributed by atoms with E-state index in [0.29, 0.717) is 0 Å². The molecule has 0 bridgehead atoms. The Kier molecular flexibility index (Phi) is 3.64. The molecule has 15 heavy (non-hydrogen) atoms. The largest absolute Gasteiger partial charge is 0.376 e. The van der Waals surface area contributed by atoms with Crippen molar-refractivity contribution in [2.24, 2.45) is 0 Å². The molecule has 2 atom stereocenters. The Morgan fingerprint density at radius 3 is 3.13 bits per heavy atom. The molecule has 82 valence electrons. The number of likely N-dealkylation sites (N-methyl/N-ethyl adjacent to an activating group) is 1. The standard InChI is InChI=1S/C11H17N3O/c1-2-13-11(10-4-3-7-15-10)9-8-12-5-6-14-9/h5-6,8,10-11,13H,2-4,7H2,1H3. The van der Waals surface area contributed by atoms with Gasteiger partial charge in [-0.3, -0.25) is 9.97 Å². The number of rotatable bonds is 4. The van der Waals surface area contributed by atoms with E-state index >= 15 is 0 Å². The van der Waals surface area contributed by atoms with Gasteiger partial charge in [-0.1, -0.05) is 6.92 Å². The van der Waals surface area contributed by atoms with Crippen LogP contribution in [0.15, 0.2) is 18.6 Å². The van der Waals surface area contributed by atoms with Gasteiger partial charge in [0, 0.05) is 19.0 Å². The lowest BCUT2D eigenvalue weighted by molar-refractivity contribution is 0.0774. The zero-order chi connectivity index (χ0) is 10.5. The van der Waals surface area contributed by atoms with Crippen LogP contribution in [0.2, 0.25) is 0 Å². The second kappa shape index (κ2) is 5.19. The molecule has 1 saturated heterocycles. The zero-order valence-electron chi connectivity index (χ0n) is 9.02. The van der Waals surface area contributed by atoms with Gasteiger partial charge < -0.3 is 10.1 Å². The Bertz CT molecular complexity index is 285. The number of hydrogen-bond donors (Lipinski definition) is 1. The Morgan fingerprint density at radius 2 is 2.53 bits per heavy atom. The summed E-state index contributed by atoms with van der Waals surface area (Å²) in [4.78, 5) is 8.44. The van der Waals surface area contributed by atoms with Gasteiger partial charge in [0.25, 0.3) is 0 Å². The minimum Gasteiger partial charge on any atom is -0.376 e. The third kappa shape index (κ3) is 2.52. The highest BCUT2D eigenvalue weighted by Gasteiger charge is 2.27. The van der Waals surface area contributed by atoms with E-state index in [2.05, 4.69) is 22.2 Å². The second-order valence-electron chi connectivity index (χ2n) is 3.72. The van der Waals surface area contributed by atoms with Crippen molar-refractivity contribution in [1.29, 1.82) is 0 Å². The molecule has 4 nitrogen and oxygen atoms in total. The van der Waals surface area contributed by atoms with E-state index in [1.54, 1.807) is 12.4 Å². The average Bonchev–Trinajstić information content (AvgIpc) is 2.80. The molecular formula is C11H17N3O. The molecule has 2 rings (SSSR count). The van der Waals surface area contributed by atoms with Gasteiger partial charge in [-0.25, -0.2) is 0 Å². The molecule has 0 aliphatic carbocycles. The Morgan fingerprint density at radius 1 is 1.60 bits per heavy atom. The van der Waals surface area contributed by atoms with Crippen molar-refractivity contribution in [1.82, 2.24) is 15.3 Å². The molecular weight excluding hydrogens is 190 g/mol. The zero-order valence-corrected chi connectivity index (χ0v) is 9.02. The number of nitrogens with one attached hydrogen (secondary N) is 1. The van der Waals surface area contributed by atoms with Crippen molar-refractivity contribution >= 4 is 0 Å². The third-order valence-corrected chi connectivity index (χ3v) is 2.66. The highest BCUT2D eigenvalue weighted by atomic mass is 16.5. The van der Waals surface area contributed by atoms with Crippen LogP contribution in [0.3, 0.4) is 0 Å². The van der Waals surface area contributed by atoms with E-state index in [9.17, 15) is 0 Å². The first-order valence-corrected chi connectivity index (χ1v) is 5.52. The first kappa shape index (κ1) is 10.5. The Hall–Kier alpha value is -1.00. The van der Waals surface area contributed by atoms with Crippen molar-refractivity contribution in [3.05, 3.63) is 24.3 Å². The predicted octanol–water partition coefficient (Wildman–Crippen LogP) is 1.31. The van der Waals surface area contributed by atoms with E-state index in [-0.39, 0.29) is 12.1 Å². The van der Waals surface area contributed by atoms with Gasteiger partial charge in [-0.05, 0) is 19.4 Å². The maximum Gasteiger partial charge on any atom is 0.0786 e. The van der Waals surface area contributed by atoms with E-state index < -0.39 is 0 Å². The quantitative estimate of drug-likeness (QED) is 0.808. The van der Waals surface area contributed by atoms with Crippen LogP contribution < -0.4 is 5.32 Å². The van der Waals surface area contributed by atoms with Crippen LogP contribution in [0.5, 0.6) is 0 Å². The topological polar surface area (TPSA) is 47.0 Å². The van der Waals surface area contributed by atoms with Crippen molar-refractivity contribution in [3.63, 3.8) is 0 Å². The Labute approximate surface area is 90.1 Å². The fourth-order valence-corrected chi connectivity index (χ4v) is 1.98. The normalized spacial score (nSPS) is 22.9. The van der Waals surface area contributed by atoms with E-state index in [1.807, 2.05) is 6.20 Å². The summed E-state index contributed by atoms with van der Waals surface area (Å²) < 4.78 is 5.69. The van der Waals surface area contributed by atoms with E-state index in [4.69, 9.17) is 4.74 Å². The molecule has 1 fully saturated rings. The minimum absolute atomic E-state index is 0.186. The van der Waals surface area contributed by atoms with Crippen LogP contribution >= 0.6 is 0 Å². The second-order valence-corrected chi connectivity index (χ2v) is 3.72.